The Morgan fingerprint density at radius 2 is 1.92 bits per heavy atom. The molecular weight excluding hydrogens is 411 g/mol. The number of nitrogens with one attached hydrogen (secondary N) is 2. The fourth-order valence-corrected chi connectivity index (χ4v) is 2.82. The van der Waals surface area contributed by atoms with Crippen LogP contribution in [-0.4, -0.2) is 23.7 Å². The summed E-state index contributed by atoms with van der Waals surface area (Å²) < 4.78 is 19.1. The smallest absolute Gasteiger partial charge is 0.279 e. The first-order valence-electron chi connectivity index (χ1n) is 7.33. The summed E-state index contributed by atoms with van der Waals surface area (Å²) in [5.41, 5.74) is 4.63. The first kappa shape index (κ1) is 19.3. The molecule has 132 valence electrons. The molecule has 0 saturated heterocycles. The molecule has 0 aliphatic carbocycles. The molecule has 0 aromatic heterocycles. The van der Waals surface area contributed by atoms with Crippen LogP contribution in [0.25, 0.3) is 0 Å². The van der Waals surface area contributed by atoms with Crippen LogP contribution in [0.5, 0.6) is 5.75 Å². The van der Waals surface area contributed by atoms with E-state index in [0.717, 1.165) is 9.37 Å². The summed E-state index contributed by atoms with van der Waals surface area (Å²) in [6.45, 7) is 1.58. The van der Waals surface area contributed by atoms with E-state index in [4.69, 9.17) is 4.74 Å². The van der Waals surface area contributed by atoms with Crippen molar-refractivity contribution >= 4 is 39.5 Å². The molecule has 2 rings (SSSR count). The Morgan fingerprint density at radius 3 is 2.60 bits per heavy atom. The zero-order valence-electron chi connectivity index (χ0n) is 13.3. The van der Waals surface area contributed by atoms with E-state index in [1.807, 2.05) is 6.07 Å². The molecule has 2 aromatic rings. The maximum atomic E-state index is 12.8. The number of carbonyl (C=O) groups is 2. The second kappa shape index (κ2) is 9.43. The molecule has 0 bridgehead atoms. The van der Waals surface area contributed by atoms with Crippen LogP contribution < -0.4 is 15.6 Å². The lowest BCUT2D eigenvalue weighted by Gasteiger charge is -2.15. The van der Waals surface area contributed by atoms with Gasteiger partial charge in [-0.25, -0.2) is 4.39 Å². The van der Waals surface area contributed by atoms with Crippen molar-refractivity contribution in [1.29, 1.82) is 0 Å². The number of benzene rings is 2. The SMILES string of the molecule is CC(Oc1cccc(Br)c1)C(=O)NNC(=O)CSc1ccc(F)cc1. The summed E-state index contributed by atoms with van der Waals surface area (Å²) in [6, 6.07) is 12.9. The number of ether oxygens (including phenoxy) is 1. The Bertz CT molecular complexity index is 743. The van der Waals surface area contributed by atoms with Gasteiger partial charge in [0.15, 0.2) is 6.10 Å². The fourth-order valence-electron chi connectivity index (χ4n) is 1.75. The predicted octanol–water partition coefficient (Wildman–Crippen LogP) is 3.30. The highest BCUT2D eigenvalue weighted by molar-refractivity contribution is 9.10. The van der Waals surface area contributed by atoms with Crippen molar-refractivity contribution in [3.8, 4) is 5.75 Å². The minimum absolute atomic E-state index is 0.0901. The highest BCUT2D eigenvalue weighted by Gasteiger charge is 2.15. The maximum Gasteiger partial charge on any atom is 0.279 e. The molecule has 1 unspecified atom stereocenters. The van der Waals surface area contributed by atoms with E-state index in [1.165, 1.54) is 23.9 Å². The van der Waals surface area contributed by atoms with Crippen LogP contribution in [0, 0.1) is 5.82 Å². The largest absolute Gasteiger partial charge is 0.481 e. The van der Waals surface area contributed by atoms with Crippen molar-refractivity contribution in [1.82, 2.24) is 10.9 Å². The van der Waals surface area contributed by atoms with Crippen molar-refractivity contribution in [3.63, 3.8) is 0 Å². The van der Waals surface area contributed by atoms with Crippen LogP contribution in [0.2, 0.25) is 0 Å². The number of halogens is 2. The summed E-state index contributed by atoms with van der Waals surface area (Å²) in [5, 5.41) is 0. The van der Waals surface area contributed by atoms with Gasteiger partial charge in [0.05, 0.1) is 5.75 Å². The van der Waals surface area contributed by atoms with Gasteiger partial charge in [-0.05, 0) is 49.4 Å². The first-order chi connectivity index (χ1) is 11.9. The third-order valence-corrected chi connectivity index (χ3v) is 4.49. The van der Waals surface area contributed by atoms with E-state index in [2.05, 4.69) is 26.8 Å². The quantitative estimate of drug-likeness (QED) is 0.549. The van der Waals surface area contributed by atoms with Gasteiger partial charge in [-0.15, -0.1) is 11.8 Å². The minimum Gasteiger partial charge on any atom is -0.481 e. The standard InChI is InChI=1S/C17H16BrFN2O3S/c1-11(24-14-4-2-3-12(18)9-14)17(23)21-20-16(22)10-25-15-7-5-13(19)6-8-15/h2-9,11H,10H2,1H3,(H,20,22)(H,21,23). The van der Waals surface area contributed by atoms with Gasteiger partial charge in [-0.2, -0.15) is 0 Å². The van der Waals surface area contributed by atoms with Gasteiger partial charge in [0, 0.05) is 9.37 Å². The lowest BCUT2D eigenvalue weighted by Crippen LogP contribution is -2.47. The van der Waals surface area contributed by atoms with Crippen molar-refractivity contribution in [2.24, 2.45) is 0 Å². The predicted molar refractivity (Wildman–Crippen MR) is 97.6 cm³/mol. The van der Waals surface area contributed by atoms with Gasteiger partial charge in [0.1, 0.15) is 11.6 Å². The number of hydrogen-bond acceptors (Lipinski definition) is 4. The number of hydrogen-bond donors (Lipinski definition) is 2. The molecule has 0 saturated carbocycles. The molecule has 0 fully saturated rings. The molecule has 0 heterocycles. The van der Waals surface area contributed by atoms with E-state index in [9.17, 15) is 14.0 Å². The van der Waals surface area contributed by atoms with Crippen molar-refractivity contribution < 1.29 is 18.7 Å². The van der Waals surface area contributed by atoms with E-state index >= 15 is 0 Å². The molecule has 2 aromatic carbocycles. The van der Waals surface area contributed by atoms with Gasteiger partial charge >= 0.3 is 0 Å². The van der Waals surface area contributed by atoms with Crippen LogP contribution in [0.1, 0.15) is 6.92 Å². The number of carbonyl (C=O) groups excluding carboxylic acids is 2. The number of hydrazine groups is 1. The molecule has 2 amide bonds. The molecule has 0 radical (unpaired) electrons. The van der Waals surface area contributed by atoms with Crippen molar-refractivity contribution in [2.45, 2.75) is 17.9 Å². The maximum absolute atomic E-state index is 12.8. The highest BCUT2D eigenvalue weighted by Crippen LogP contribution is 2.19. The monoisotopic (exact) mass is 426 g/mol. The minimum atomic E-state index is -0.778. The van der Waals surface area contributed by atoms with Gasteiger partial charge in [-0.3, -0.25) is 20.4 Å². The Morgan fingerprint density at radius 1 is 1.20 bits per heavy atom. The van der Waals surface area contributed by atoms with Gasteiger partial charge < -0.3 is 4.74 Å². The van der Waals surface area contributed by atoms with E-state index < -0.39 is 12.0 Å². The van der Waals surface area contributed by atoms with Gasteiger partial charge in [0.2, 0.25) is 5.91 Å². The van der Waals surface area contributed by atoms with Crippen LogP contribution >= 0.6 is 27.7 Å². The van der Waals surface area contributed by atoms with Crippen LogP contribution in [-0.2, 0) is 9.59 Å². The average molecular weight is 427 g/mol. The molecule has 0 aliphatic rings. The van der Waals surface area contributed by atoms with Gasteiger partial charge in [-0.1, -0.05) is 22.0 Å². The summed E-state index contributed by atoms with van der Waals surface area (Å²) in [6.07, 6.45) is -0.778. The normalized spacial score (nSPS) is 11.5. The summed E-state index contributed by atoms with van der Waals surface area (Å²) in [4.78, 5) is 24.4. The third-order valence-electron chi connectivity index (χ3n) is 2.99. The lowest BCUT2D eigenvalue weighted by molar-refractivity contribution is -0.131. The second-order valence-electron chi connectivity index (χ2n) is 5.00. The zero-order chi connectivity index (χ0) is 18.2. The van der Waals surface area contributed by atoms with E-state index in [0.29, 0.717) is 5.75 Å². The number of amides is 2. The first-order valence-corrected chi connectivity index (χ1v) is 9.11. The Hall–Kier alpha value is -2.06. The van der Waals surface area contributed by atoms with Crippen LogP contribution in [0.4, 0.5) is 4.39 Å². The van der Waals surface area contributed by atoms with E-state index in [1.54, 1.807) is 37.3 Å². The Balaban J connectivity index is 1.72. The Labute approximate surface area is 157 Å². The van der Waals surface area contributed by atoms with Gasteiger partial charge in [0.25, 0.3) is 5.91 Å². The van der Waals surface area contributed by atoms with Crippen molar-refractivity contribution in [3.05, 3.63) is 58.8 Å². The number of rotatable bonds is 6. The Kier molecular flexibility index (Phi) is 7.27. The van der Waals surface area contributed by atoms with Crippen molar-refractivity contribution in [2.75, 3.05) is 5.75 Å². The zero-order valence-corrected chi connectivity index (χ0v) is 15.7. The topological polar surface area (TPSA) is 67.4 Å². The molecule has 25 heavy (non-hydrogen) atoms. The second-order valence-corrected chi connectivity index (χ2v) is 6.96. The summed E-state index contributed by atoms with van der Waals surface area (Å²) in [5.74, 6) is -0.555. The third kappa shape index (κ3) is 6.75. The van der Waals surface area contributed by atoms with Crippen LogP contribution in [0.3, 0.4) is 0 Å². The molecule has 8 heteroatoms. The molecular formula is C17H16BrFN2O3S. The lowest BCUT2D eigenvalue weighted by atomic mass is 10.3. The molecule has 5 nitrogen and oxygen atoms in total. The summed E-state index contributed by atoms with van der Waals surface area (Å²) >= 11 is 4.55. The average Bonchev–Trinajstić information content (AvgIpc) is 2.59. The molecule has 0 aliphatic heterocycles. The highest BCUT2D eigenvalue weighted by atomic mass is 79.9. The van der Waals surface area contributed by atoms with Crippen LogP contribution in [0.15, 0.2) is 57.9 Å². The molecule has 2 N–H and O–H groups in total. The summed E-state index contributed by atoms with van der Waals surface area (Å²) in [7, 11) is 0. The number of thioether (sulfide) groups is 1. The molecule has 0 spiro atoms. The molecule has 1 atom stereocenters. The fraction of sp³-hybridized carbons (Fsp3) is 0.176. The van der Waals surface area contributed by atoms with E-state index in [-0.39, 0.29) is 17.5 Å².